The second-order valence-corrected chi connectivity index (χ2v) is 1.61. The molecule has 0 unspecified atom stereocenters. The first-order valence-electron chi connectivity index (χ1n) is 2.61. The molecule has 0 spiro atoms. The molecule has 0 aliphatic rings. The number of hydrogen-bond acceptors (Lipinski definition) is 0. The van der Waals surface area contributed by atoms with Crippen molar-refractivity contribution in [2.24, 2.45) is 0 Å². The van der Waals surface area contributed by atoms with Gasteiger partial charge in [0, 0.05) is 0 Å². The lowest BCUT2D eigenvalue weighted by atomic mass is 10.2. The van der Waals surface area contributed by atoms with Gasteiger partial charge in [-0.1, -0.05) is 43.0 Å². The Balaban J connectivity index is 0.000000640. The topological polar surface area (TPSA) is 0 Å². The van der Waals surface area contributed by atoms with Gasteiger partial charge in [-0.05, 0) is 5.56 Å². The van der Waals surface area contributed by atoms with Gasteiger partial charge in [0.1, 0.15) is 0 Å². The molecule has 0 radical (unpaired) electrons. The molecule has 0 N–H and O–H groups in total. The summed E-state index contributed by atoms with van der Waals surface area (Å²) in [6, 6.07) is 10.0. The molecule has 48 valence electrons. The standard InChI is InChI=1S/C8H8.ClH/c1-2-8-6-4-3-5-7-8;/h2-7H,1H2;1H/p-1. The number of halogens is 1. The van der Waals surface area contributed by atoms with Crippen LogP contribution in [0, 0.1) is 0 Å². The van der Waals surface area contributed by atoms with Gasteiger partial charge >= 0.3 is 0 Å². The predicted octanol–water partition coefficient (Wildman–Crippen LogP) is -0.666. The van der Waals surface area contributed by atoms with Crippen LogP contribution in [0.2, 0.25) is 0 Å². The van der Waals surface area contributed by atoms with Crippen LogP contribution < -0.4 is 12.4 Å². The predicted molar refractivity (Wildman–Crippen MR) is 36.5 cm³/mol. The average molecular weight is 140 g/mol. The molecule has 1 rings (SSSR count). The molecule has 9 heavy (non-hydrogen) atoms. The molecule has 0 aromatic heterocycles. The Labute approximate surface area is 61.6 Å². The third kappa shape index (κ3) is 2.34. The molecule has 0 aliphatic heterocycles. The summed E-state index contributed by atoms with van der Waals surface area (Å²) in [7, 11) is 0. The summed E-state index contributed by atoms with van der Waals surface area (Å²) in [6.07, 6.45) is 1.83. The normalized spacial score (nSPS) is 7.56. The third-order valence-corrected chi connectivity index (χ3v) is 1.04. The van der Waals surface area contributed by atoms with E-state index in [4.69, 9.17) is 0 Å². The lowest BCUT2D eigenvalue weighted by Gasteiger charge is -1.85. The summed E-state index contributed by atoms with van der Waals surface area (Å²) >= 11 is 0. The van der Waals surface area contributed by atoms with Crippen molar-refractivity contribution in [2.75, 3.05) is 0 Å². The molecule has 1 aromatic carbocycles. The van der Waals surface area contributed by atoms with Gasteiger partial charge in [0.05, 0.1) is 0 Å². The van der Waals surface area contributed by atoms with Gasteiger partial charge in [-0.25, -0.2) is 0 Å². The second-order valence-electron chi connectivity index (χ2n) is 1.61. The molecule has 1 aromatic rings. The Kier molecular flexibility index (Phi) is 3.81. The fraction of sp³-hybridized carbons (Fsp3) is 0. The van der Waals surface area contributed by atoms with Crippen molar-refractivity contribution >= 4 is 6.08 Å². The molecule has 0 amide bonds. The highest BCUT2D eigenvalue weighted by atomic mass is 35.5. The van der Waals surface area contributed by atoms with Crippen LogP contribution in [0.15, 0.2) is 36.9 Å². The second kappa shape index (κ2) is 4.16. The maximum atomic E-state index is 3.63. The van der Waals surface area contributed by atoms with Crippen molar-refractivity contribution in [3.05, 3.63) is 42.5 Å². The van der Waals surface area contributed by atoms with Crippen LogP contribution in [-0.4, -0.2) is 0 Å². The zero-order chi connectivity index (χ0) is 5.82. The smallest absolute Gasteiger partial charge is 0.0263 e. The van der Waals surface area contributed by atoms with Crippen molar-refractivity contribution in [1.29, 1.82) is 0 Å². The van der Waals surface area contributed by atoms with Crippen LogP contribution in [0.3, 0.4) is 0 Å². The molecule has 0 aliphatic carbocycles. The van der Waals surface area contributed by atoms with Gasteiger partial charge in [-0.2, -0.15) is 0 Å². The molecule has 0 fully saturated rings. The van der Waals surface area contributed by atoms with Crippen molar-refractivity contribution in [3.8, 4) is 0 Å². The molecule has 0 saturated heterocycles. The van der Waals surface area contributed by atoms with Crippen LogP contribution in [0.1, 0.15) is 5.56 Å². The molecule has 0 saturated carbocycles. The van der Waals surface area contributed by atoms with Crippen molar-refractivity contribution < 1.29 is 12.4 Å². The fourth-order valence-corrected chi connectivity index (χ4v) is 0.589. The molecule has 0 atom stereocenters. The lowest BCUT2D eigenvalue weighted by molar-refractivity contribution is -0.00000158. The van der Waals surface area contributed by atoms with Crippen LogP contribution in [0.25, 0.3) is 6.08 Å². The summed E-state index contributed by atoms with van der Waals surface area (Å²) in [6.45, 7) is 3.63. The van der Waals surface area contributed by atoms with Crippen LogP contribution in [0.5, 0.6) is 0 Å². The maximum absolute atomic E-state index is 3.63. The van der Waals surface area contributed by atoms with E-state index >= 15 is 0 Å². The molecular formula is C8H8Cl-. The minimum absolute atomic E-state index is 0. The van der Waals surface area contributed by atoms with Gasteiger partial charge in [0.25, 0.3) is 0 Å². The van der Waals surface area contributed by atoms with E-state index in [2.05, 4.69) is 6.58 Å². The van der Waals surface area contributed by atoms with Gasteiger partial charge in [0.2, 0.25) is 0 Å². The van der Waals surface area contributed by atoms with E-state index in [-0.39, 0.29) is 12.4 Å². The Morgan fingerprint density at radius 3 is 2.00 bits per heavy atom. The number of rotatable bonds is 1. The average Bonchev–Trinajstić information content (AvgIpc) is 1.90. The fourth-order valence-electron chi connectivity index (χ4n) is 0.589. The van der Waals surface area contributed by atoms with E-state index in [1.54, 1.807) is 0 Å². The highest BCUT2D eigenvalue weighted by Gasteiger charge is 1.75. The highest BCUT2D eigenvalue weighted by Crippen LogP contribution is 1.97. The van der Waals surface area contributed by atoms with Crippen LogP contribution in [0.4, 0.5) is 0 Å². The molecule has 1 heteroatoms. The van der Waals surface area contributed by atoms with Gasteiger partial charge < -0.3 is 12.4 Å². The van der Waals surface area contributed by atoms with Crippen LogP contribution in [-0.2, 0) is 0 Å². The quantitative estimate of drug-likeness (QED) is 0.485. The van der Waals surface area contributed by atoms with Crippen LogP contribution >= 0.6 is 0 Å². The van der Waals surface area contributed by atoms with Crippen molar-refractivity contribution in [2.45, 2.75) is 0 Å². The molecular weight excluding hydrogens is 132 g/mol. The number of benzene rings is 1. The minimum atomic E-state index is 0. The molecule has 0 bridgehead atoms. The zero-order valence-electron chi connectivity index (χ0n) is 5.05. The number of hydrogen-bond donors (Lipinski definition) is 0. The summed E-state index contributed by atoms with van der Waals surface area (Å²) in [5.41, 5.74) is 1.17. The Morgan fingerprint density at radius 2 is 1.67 bits per heavy atom. The Morgan fingerprint density at radius 1 is 1.11 bits per heavy atom. The lowest BCUT2D eigenvalue weighted by Crippen LogP contribution is -3.00. The van der Waals surface area contributed by atoms with Gasteiger partial charge in [-0.3, -0.25) is 0 Å². The highest BCUT2D eigenvalue weighted by molar-refractivity contribution is 5.45. The van der Waals surface area contributed by atoms with Crippen molar-refractivity contribution in [1.82, 2.24) is 0 Å². The summed E-state index contributed by atoms with van der Waals surface area (Å²) in [4.78, 5) is 0. The van der Waals surface area contributed by atoms with E-state index in [0.29, 0.717) is 0 Å². The zero-order valence-corrected chi connectivity index (χ0v) is 5.81. The Bertz CT molecular complexity index is 167. The monoisotopic (exact) mass is 139 g/mol. The summed E-state index contributed by atoms with van der Waals surface area (Å²) in [5, 5.41) is 0. The van der Waals surface area contributed by atoms with E-state index in [0.717, 1.165) is 0 Å². The van der Waals surface area contributed by atoms with E-state index in [9.17, 15) is 0 Å². The maximum Gasteiger partial charge on any atom is -0.0263 e. The summed E-state index contributed by atoms with van der Waals surface area (Å²) < 4.78 is 0. The first kappa shape index (κ1) is 8.25. The van der Waals surface area contributed by atoms with E-state index in [1.807, 2.05) is 36.4 Å². The first-order chi connectivity index (χ1) is 3.93. The van der Waals surface area contributed by atoms with Crippen molar-refractivity contribution in [3.63, 3.8) is 0 Å². The molecule has 0 heterocycles. The largest absolute Gasteiger partial charge is 1.00 e. The summed E-state index contributed by atoms with van der Waals surface area (Å²) in [5.74, 6) is 0. The van der Waals surface area contributed by atoms with Gasteiger partial charge in [0.15, 0.2) is 0 Å². The third-order valence-electron chi connectivity index (χ3n) is 1.04. The first-order valence-corrected chi connectivity index (χ1v) is 2.61. The molecule has 0 nitrogen and oxygen atoms in total. The Hall–Kier alpha value is -0.750. The SMILES string of the molecule is C=Cc1ccccc1.[Cl-]. The van der Waals surface area contributed by atoms with E-state index < -0.39 is 0 Å². The van der Waals surface area contributed by atoms with Gasteiger partial charge in [-0.15, -0.1) is 0 Å². The minimum Gasteiger partial charge on any atom is -1.00 e. The van der Waals surface area contributed by atoms with E-state index in [1.165, 1.54) is 5.56 Å².